The van der Waals surface area contributed by atoms with Gasteiger partial charge in [-0.15, -0.1) is 0 Å². The number of carbonyl (C=O) groups excluding carboxylic acids is 1. The van der Waals surface area contributed by atoms with E-state index < -0.39 is 0 Å². The molecule has 1 aliphatic rings. The number of amides is 1. The Balaban J connectivity index is 1.81. The van der Waals surface area contributed by atoms with Crippen LogP contribution in [0.3, 0.4) is 0 Å². The second-order valence-corrected chi connectivity index (χ2v) is 7.11. The molecule has 6 heteroatoms. The summed E-state index contributed by atoms with van der Waals surface area (Å²) in [4.78, 5) is 20.6. The van der Waals surface area contributed by atoms with Crippen molar-refractivity contribution < 1.29 is 4.79 Å². The van der Waals surface area contributed by atoms with E-state index in [-0.39, 0.29) is 0 Å². The zero-order valence-corrected chi connectivity index (χ0v) is 17.1. The zero-order chi connectivity index (χ0) is 19.5. The fourth-order valence-electron chi connectivity index (χ4n) is 3.18. The van der Waals surface area contributed by atoms with Crippen LogP contribution >= 0.6 is 0 Å². The highest BCUT2D eigenvalue weighted by molar-refractivity contribution is 5.79. The van der Waals surface area contributed by atoms with Gasteiger partial charge < -0.3 is 20.4 Å². The van der Waals surface area contributed by atoms with Gasteiger partial charge in [0.2, 0.25) is 5.91 Å². The van der Waals surface area contributed by atoms with E-state index in [1.165, 1.54) is 11.1 Å². The van der Waals surface area contributed by atoms with Crippen molar-refractivity contribution in [2.75, 3.05) is 39.8 Å². The van der Waals surface area contributed by atoms with Gasteiger partial charge in [0.25, 0.3) is 0 Å². The largest absolute Gasteiger partial charge is 0.357 e. The molecule has 2 N–H and O–H groups in total. The van der Waals surface area contributed by atoms with E-state index in [2.05, 4.69) is 60.7 Å². The molecular weight excluding hydrogens is 338 g/mol. The monoisotopic (exact) mass is 373 g/mol. The van der Waals surface area contributed by atoms with Crippen LogP contribution in [0.25, 0.3) is 0 Å². The molecule has 2 rings (SSSR count). The lowest BCUT2D eigenvalue weighted by molar-refractivity contribution is -0.127. The van der Waals surface area contributed by atoms with Crippen LogP contribution in [0.2, 0.25) is 0 Å². The molecule has 1 amide bonds. The maximum absolute atomic E-state index is 11.6. The second-order valence-electron chi connectivity index (χ2n) is 7.11. The molecule has 1 aromatic carbocycles. The third-order valence-electron chi connectivity index (χ3n) is 4.82. The van der Waals surface area contributed by atoms with Crippen LogP contribution in [-0.4, -0.2) is 61.4 Å². The number of rotatable bonds is 10. The zero-order valence-electron chi connectivity index (χ0n) is 17.1. The van der Waals surface area contributed by atoms with Crippen LogP contribution in [0.5, 0.6) is 0 Å². The predicted molar refractivity (Wildman–Crippen MR) is 112 cm³/mol. The summed E-state index contributed by atoms with van der Waals surface area (Å²) < 4.78 is 0. The molecule has 0 atom stereocenters. The maximum atomic E-state index is 11.6. The summed E-state index contributed by atoms with van der Waals surface area (Å²) in [6, 6.07) is 8.64. The van der Waals surface area contributed by atoms with Crippen molar-refractivity contribution in [2.24, 2.45) is 4.99 Å². The van der Waals surface area contributed by atoms with Gasteiger partial charge in [-0.3, -0.25) is 4.79 Å². The normalized spacial score (nSPS) is 14.9. The fourth-order valence-corrected chi connectivity index (χ4v) is 3.18. The molecule has 0 aliphatic carbocycles. The number of carbonyl (C=O) groups is 1. The molecule has 27 heavy (non-hydrogen) atoms. The first-order valence-corrected chi connectivity index (χ1v) is 10.2. The Morgan fingerprint density at radius 2 is 2.07 bits per heavy atom. The molecular formula is C21H35N5O. The lowest BCUT2D eigenvalue weighted by atomic mass is 10.1. The molecule has 150 valence electrons. The molecule has 0 saturated carbocycles. The number of benzene rings is 1. The minimum atomic E-state index is 0.296. The number of guanidine groups is 1. The molecule has 0 radical (unpaired) electrons. The highest BCUT2D eigenvalue weighted by Gasteiger charge is 2.18. The van der Waals surface area contributed by atoms with E-state index >= 15 is 0 Å². The summed E-state index contributed by atoms with van der Waals surface area (Å²) in [5.74, 6) is 1.13. The Bertz CT molecular complexity index is 616. The quantitative estimate of drug-likeness (QED) is 0.375. The first-order chi connectivity index (χ1) is 13.1. The van der Waals surface area contributed by atoms with E-state index in [4.69, 9.17) is 4.99 Å². The summed E-state index contributed by atoms with van der Waals surface area (Å²) in [6.07, 6.45) is 2.66. The fraction of sp³-hybridized carbons (Fsp3) is 0.619. The first kappa shape index (κ1) is 21.2. The van der Waals surface area contributed by atoms with Crippen LogP contribution in [-0.2, 0) is 17.9 Å². The molecule has 1 fully saturated rings. The summed E-state index contributed by atoms with van der Waals surface area (Å²) >= 11 is 0. The van der Waals surface area contributed by atoms with Gasteiger partial charge in [0.15, 0.2) is 5.96 Å². The molecule has 1 aromatic rings. The van der Waals surface area contributed by atoms with Gasteiger partial charge in [-0.1, -0.05) is 31.2 Å². The Kier molecular flexibility index (Phi) is 9.11. The number of hydrogen-bond acceptors (Lipinski definition) is 3. The van der Waals surface area contributed by atoms with Crippen molar-refractivity contribution in [3.8, 4) is 0 Å². The lowest BCUT2D eigenvalue weighted by Gasteiger charge is -2.16. The Labute approximate surface area is 164 Å². The Morgan fingerprint density at radius 3 is 2.78 bits per heavy atom. The molecule has 0 unspecified atom stereocenters. The third kappa shape index (κ3) is 7.59. The summed E-state index contributed by atoms with van der Waals surface area (Å²) in [6.45, 7) is 10.3. The van der Waals surface area contributed by atoms with Crippen molar-refractivity contribution in [3.05, 3.63) is 35.4 Å². The number of nitrogens with zero attached hydrogens (tertiary/aromatic N) is 3. The summed E-state index contributed by atoms with van der Waals surface area (Å²) in [5, 5.41) is 6.67. The number of likely N-dealkylation sites (tertiary alicyclic amines) is 1. The van der Waals surface area contributed by atoms with Gasteiger partial charge in [0, 0.05) is 39.1 Å². The average Bonchev–Trinajstić information content (AvgIpc) is 3.08. The van der Waals surface area contributed by atoms with Crippen molar-refractivity contribution in [1.29, 1.82) is 0 Å². The molecule has 1 heterocycles. The first-order valence-electron chi connectivity index (χ1n) is 10.2. The minimum absolute atomic E-state index is 0.296. The van der Waals surface area contributed by atoms with Gasteiger partial charge in [0.1, 0.15) is 0 Å². The van der Waals surface area contributed by atoms with E-state index in [0.29, 0.717) is 18.9 Å². The number of nitrogens with one attached hydrogen (secondary N) is 2. The molecule has 0 bridgehead atoms. The van der Waals surface area contributed by atoms with Gasteiger partial charge in [-0.25, -0.2) is 4.99 Å². The van der Waals surface area contributed by atoms with Crippen LogP contribution in [0.1, 0.15) is 44.2 Å². The van der Waals surface area contributed by atoms with Gasteiger partial charge in [-0.2, -0.15) is 0 Å². The molecule has 1 saturated heterocycles. The Morgan fingerprint density at radius 1 is 1.26 bits per heavy atom. The van der Waals surface area contributed by atoms with Crippen LogP contribution in [0.4, 0.5) is 0 Å². The van der Waals surface area contributed by atoms with Gasteiger partial charge >= 0.3 is 0 Å². The number of hydrogen-bond donors (Lipinski definition) is 2. The van der Waals surface area contributed by atoms with Crippen molar-refractivity contribution in [3.63, 3.8) is 0 Å². The standard InChI is InChI=1S/C21H35N5O/c1-4-22-21(23-12-8-14-26-13-7-11-20(26)27)24-16-18-9-6-10-19(15-18)17-25(3)5-2/h6,9-10,15H,4-5,7-8,11-14,16-17H2,1-3H3,(H2,22,23,24). The van der Waals surface area contributed by atoms with E-state index in [9.17, 15) is 4.79 Å². The summed E-state index contributed by atoms with van der Waals surface area (Å²) in [7, 11) is 2.13. The van der Waals surface area contributed by atoms with Crippen LogP contribution in [0.15, 0.2) is 29.3 Å². The molecule has 0 aromatic heterocycles. The highest BCUT2D eigenvalue weighted by atomic mass is 16.2. The van der Waals surface area contributed by atoms with Crippen LogP contribution < -0.4 is 10.6 Å². The average molecular weight is 374 g/mol. The van der Waals surface area contributed by atoms with E-state index in [1.807, 2.05) is 4.90 Å². The van der Waals surface area contributed by atoms with E-state index in [1.54, 1.807) is 0 Å². The topological polar surface area (TPSA) is 60.0 Å². The third-order valence-corrected chi connectivity index (χ3v) is 4.82. The Hall–Kier alpha value is -2.08. The second kappa shape index (κ2) is 11.6. The van der Waals surface area contributed by atoms with Crippen LogP contribution in [0, 0.1) is 0 Å². The molecule has 0 spiro atoms. The van der Waals surface area contributed by atoms with Gasteiger partial charge in [-0.05, 0) is 44.5 Å². The van der Waals surface area contributed by atoms with Crippen molar-refractivity contribution >= 4 is 11.9 Å². The van der Waals surface area contributed by atoms with Crippen molar-refractivity contribution in [1.82, 2.24) is 20.4 Å². The minimum Gasteiger partial charge on any atom is -0.357 e. The number of aliphatic imine (C=N–C) groups is 1. The lowest BCUT2D eigenvalue weighted by Crippen LogP contribution is -2.39. The van der Waals surface area contributed by atoms with Gasteiger partial charge in [0.05, 0.1) is 6.54 Å². The molecule has 6 nitrogen and oxygen atoms in total. The van der Waals surface area contributed by atoms with Crippen molar-refractivity contribution in [2.45, 2.75) is 46.2 Å². The highest BCUT2D eigenvalue weighted by Crippen LogP contribution is 2.10. The SMILES string of the molecule is CCNC(=NCc1cccc(CN(C)CC)c1)NCCCN1CCCC1=O. The molecule has 1 aliphatic heterocycles. The maximum Gasteiger partial charge on any atom is 0.222 e. The predicted octanol–water partition coefficient (Wildman–Crippen LogP) is 2.21. The van der Waals surface area contributed by atoms with E-state index in [0.717, 1.165) is 58.1 Å². The smallest absolute Gasteiger partial charge is 0.222 e. The summed E-state index contributed by atoms with van der Waals surface area (Å²) in [5.41, 5.74) is 2.54.